The Morgan fingerprint density at radius 3 is 2.27 bits per heavy atom. The molecule has 0 atom stereocenters. The zero-order valence-corrected chi connectivity index (χ0v) is 30.2. The highest BCUT2D eigenvalue weighted by Crippen LogP contribution is 2.52. The molecule has 1 saturated carbocycles. The minimum Gasteiger partial charge on any atom is -0.495 e. The van der Waals surface area contributed by atoms with Crippen LogP contribution < -0.4 is 15.4 Å². The molecule has 14 nitrogen and oxygen atoms in total. The third kappa shape index (κ3) is 9.28. The quantitative estimate of drug-likeness (QED) is 0.119. The first-order valence-electron chi connectivity index (χ1n) is 16.2. The number of nitrogens with zero attached hydrogens (tertiary/aromatic N) is 3. The Morgan fingerprint density at radius 1 is 1.00 bits per heavy atom. The maximum Gasteiger partial charge on any atom is 0.469 e. The first-order chi connectivity index (χ1) is 24.0. The number of phosphoric acid groups is 1. The Hall–Kier alpha value is -3.56. The van der Waals surface area contributed by atoms with Gasteiger partial charge in [0.1, 0.15) is 17.1 Å². The number of phosphoric ester groups is 1. The van der Waals surface area contributed by atoms with Crippen molar-refractivity contribution in [2.24, 2.45) is 0 Å². The molecule has 278 valence electrons. The number of nitrogens with one attached hydrogen (secondary N) is 2. The SMILES string of the molecule is CCOP(=O)(Cc1ccc(Nc2ncc(C(F)(F)F)c(Nc3ccc(C4CCC(OP(=O)(O)O)CC4)c4c3C(=O)N(C)C4)n2)c(OC)c1)OCC. The Balaban J connectivity index is 1.43. The Kier molecular flexibility index (Phi) is 11.8. The standard InChI is InChI=1S/C32H40F3N5O9P2/c1-5-47-50(42,48-6-2)18-19-7-13-25(27(15-19)46-4)38-31-36-16-24(32(33,34)35)29(39-31)37-26-14-12-22(23-17-40(3)30(41)28(23)26)20-8-10-21(11-9-20)49-51(43,44)45/h7,12-16,20-21H,5-6,8-11,17-18H2,1-4H3,(H2,43,44,45)(H2,36,37,38,39). The molecule has 1 amide bonds. The number of hydrogen-bond acceptors (Lipinski definition) is 11. The molecular formula is C32H40F3N5O9P2. The molecule has 2 heterocycles. The van der Waals surface area contributed by atoms with Crippen LogP contribution >= 0.6 is 15.4 Å². The van der Waals surface area contributed by atoms with Gasteiger partial charge in [-0.05, 0) is 80.3 Å². The van der Waals surface area contributed by atoms with Crippen molar-refractivity contribution in [2.75, 3.05) is 38.0 Å². The van der Waals surface area contributed by atoms with Gasteiger partial charge in [-0.3, -0.25) is 13.9 Å². The average molecular weight is 758 g/mol. The van der Waals surface area contributed by atoms with Crippen molar-refractivity contribution in [1.82, 2.24) is 14.9 Å². The third-order valence-electron chi connectivity index (χ3n) is 8.59. The number of amides is 1. The molecule has 5 rings (SSSR count). The molecule has 0 radical (unpaired) electrons. The van der Waals surface area contributed by atoms with E-state index in [4.69, 9.17) is 18.3 Å². The van der Waals surface area contributed by atoms with Crippen molar-refractivity contribution in [1.29, 1.82) is 0 Å². The second kappa shape index (κ2) is 15.6. The predicted molar refractivity (Wildman–Crippen MR) is 182 cm³/mol. The van der Waals surface area contributed by atoms with E-state index in [0.29, 0.717) is 48.7 Å². The molecule has 1 aromatic heterocycles. The summed E-state index contributed by atoms with van der Waals surface area (Å²) in [5.74, 6) is -0.934. The number of anilines is 4. The molecule has 0 bridgehead atoms. The fraction of sp³-hybridized carbons (Fsp3) is 0.469. The minimum atomic E-state index is -4.84. The molecule has 3 aromatic rings. The van der Waals surface area contributed by atoms with E-state index in [1.54, 1.807) is 51.2 Å². The number of carbonyl (C=O) groups is 1. The van der Waals surface area contributed by atoms with Crippen LogP contribution in [-0.4, -0.2) is 64.0 Å². The van der Waals surface area contributed by atoms with Crippen molar-refractivity contribution < 1.29 is 55.2 Å². The van der Waals surface area contributed by atoms with Crippen LogP contribution in [0.5, 0.6) is 5.75 Å². The summed E-state index contributed by atoms with van der Waals surface area (Å²) in [7, 11) is -5.06. The number of ether oxygens (including phenoxy) is 1. The lowest BCUT2D eigenvalue weighted by Crippen LogP contribution is -2.20. The summed E-state index contributed by atoms with van der Waals surface area (Å²) in [5, 5.41) is 5.64. The molecule has 4 N–H and O–H groups in total. The topological polar surface area (TPSA) is 182 Å². The van der Waals surface area contributed by atoms with Gasteiger partial charge in [-0.15, -0.1) is 0 Å². The summed E-state index contributed by atoms with van der Waals surface area (Å²) in [4.78, 5) is 41.3. The number of carbonyl (C=O) groups excluding carboxylic acids is 1. The van der Waals surface area contributed by atoms with Crippen LogP contribution in [0.1, 0.15) is 78.1 Å². The number of fused-ring (bicyclic) bond motifs is 1. The lowest BCUT2D eigenvalue weighted by atomic mass is 9.80. The van der Waals surface area contributed by atoms with Gasteiger partial charge in [0.15, 0.2) is 0 Å². The number of alkyl halides is 3. The average Bonchev–Trinajstić information content (AvgIpc) is 3.35. The second-order valence-electron chi connectivity index (χ2n) is 12.1. The van der Waals surface area contributed by atoms with Crippen LogP contribution in [0.15, 0.2) is 36.5 Å². The predicted octanol–water partition coefficient (Wildman–Crippen LogP) is 7.48. The molecule has 2 aliphatic rings. The van der Waals surface area contributed by atoms with E-state index in [2.05, 4.69) is 20.6 Å². The summed E-state index contributed by atoms with van der Waals surface area (Å²) in [6.45, 7) is 4.02. The zero-order chi connectivity index (χ0) is 37.1. The third-order valence-corrected chi connectivity index (χ3v) is 11.2. The lowest BCUT2D eigenvalue weighted by Gasteiger charge is -2.30. The van der Waals surface area contributed by atoms with Gasteiger partial charge in [0.25, 0.3) is 5.91 Å². The minimum absolute atomic E-state index is 0.0283. The summed E-state index contributed by atoms with van der Waals surface area (Å²) in [6, 6.07) is 8.13. The van der Waals surface area contributed by atoms with Crippen LogP contribution in [0.2, 0.25) is 0 Å². The lowest BCUT2D eigenvalue weighted by molar-refractivity contribution is -0.137. The number of hydrogen-bond donors (Lipinski definition) is 4. The second-order valence-corrected chi connectivity index (χ2v) is 15.4. The first-order valence-corrected chi connectivity index (χ1v) is 19.5. The highest BCUT2D eigenvalue weighted by atomic mass is 31.2. The van der Waals surface area contributed by atoms with E-state index < -0.39 is 39.1 Å². The van der Waals surface area contributed by atoms with E-state index >= 15 is 0 Å². The van der Waals surface area contributed by atoms with Crippen molar-refractivity contribution in [3.05, 3.63) is 64.3 Å². The molecule has 19 heteroatoms. The summed E-state index contributed by atoms with van der Waals surface area (Å²) >= 11 is 0. The fourth-order valence-corrected chi connectivity index (χ4v) is 8.70. The van der Waals surface area contributed by atoms with Crippen LogP contribution in [-0.2, 0) is 41.6 Å². The highest BCUT2D eigenvalue weighted by Gasteiger charge is 2.38. The molecular weight excluding hydrogens is 717 g/mol. The smallest absolute Gasteiger partial charge is 0.469 e. The van der Waals surface area contributed by atoms with Gasteiger partial charge in [0.05, 0.1) is 49.5 Å². The number of benzene rings is 2. The van der Waals surface area contributed by atoms with Crippen molar-refractivity contribution >= 4 is 44.5 Å². The Labute approximate surface area is 292 Å². The summed E-state index contributed by atoms with van der Waals surface area (Å²) in [5.41, 5.74) is 1.60. The highest BCUT2D eigenvalue weighted by molar-refractivity contribution is 7.53. The Morgan fingerprint density at radius 2 is 1.67 bits per heavy atom. The van der Waals surface area contributed by atoms with Crippen LogP contribution in [0.4, 0.5) is 36.3 Å². The van der Waals surface area contributed by atoms with Gasteiger partial charge < -0.3 is 39.1 Å². The fourth-order valence-electron chi connectivity index (χ4n) is 6.41. The molecule has 0 spiro atoms. The maximum atomic E-state index is 14.2. The summed E-state index contributed by atoms with van der Waals surface area (Å²) in [6.07, 6.45) is -2.94. The van der Waals surface area contributed by atoms with Gasteiger partial charge in [-0.1, -0.05) is 12.1 Å². The maximum absolute atomic E-state index is 14.2. The van der Waals surface area contributed by atoms with Crippen LogP contribution in [0, 0.1) is 0 Å². The van der Waals surface area contributed by atoms with Crippen molar-refractivity contribution in [3.8, 4) is 5.75 Å². The van der Waals surface area contributed by atoms with Gasteiger partial charge in [-0.2, -0.15) is 18.2 Å². The monoisotopic (exact) mass is 757 g/mol. The van der Waals surface area contributed by atoms with Crippen LogP contribution in [0.3, 0.4) is 0 Å². The van der Waals surface area contributed by atoms with E-state index in [9.17, 15) is 36.9 Å². The van der Waals surface area contributed by atoms with Gasteiger partial charge in [0.2, 0.25) is 5.95 Å². The molecule has 0 saturated heterocycles. The number of methoxy groups -OCH3 is 1. The van der Waals surface area contributed by atoms with E-state index in [1.807, 2.05) is 0 Å². The van der Waals surface area contributed by atoms with E-state index in [0.717, 1.165) is 5.56 Å². The van der Waals surface area contributed by atoms with Crippen molar-refractivity contribution in [3.63, 3.8) is 0 Å². The molecule has 1 aliphatic heterocycles. The van der Waals surface area contributed by atoms with Gasteiger partial charge in [0, 0.05) is 19.8 Å². The normalized spacial score (nSPS) is 18.1. The largest absolute Gasteiger partial charge is 0.495 e. The number of halogens is 3. The number of rotatable bonds is 14. The zero-order valence-electron chi connectivity index (χ0n) is 28.4. The summed E-state index contributed by atoms with van der Waals surface area (Å²) < 4.78 is 88.2. The van der Waals surface area contributed by atoms with Gasteiger partial charge >= 0.3 is 21.6 Å². The Bertz CT molecular complexity index is 1840. The molecule has 51 heavy (non-hydrogen) atoms. The molecule has 1 aliphatic carbocycles. The molecule has 0 unspecified atom stereocenters. The van der Waals surface area contributed by atoms with Crippen LogP contribution in [0.25, 0.3) is 0 Å². The molecule has 2 aromatic carbocycles. The number of aromatic nitrogens is 2. The van der Waals surface area contributed by atoms with E-state index in [-0.39, 0.29) is 60.7 Å². The molecule has 1 fully saturated rings. The van der Waals surface area contributed by atoms with Gasteiger partial charge in [-0.25, -0.2) is 9.55 Å². The first kappa shape index (κ1) is 38.7. The van der Waals surface area contributed by atoms with E-state index in [1.165, 1.54) is 12.0 Å². The van der Waals surface area contributed by atoms with Crippen molar-refractivity contribution in [2.45, 2.75) is 70.4 Å².